The highest BCUT2D eigenvalue weighted by Crippen LogP contribution is 2.42. The van der Waals surface area contributed by atoms with Gasteiger partial charge in [-0.3, -0.25) is 4.79 Å². The van der Waals surface area contributed by atoms with Crippen molar-refractivity contribution >= 4 is 22.5 Å². The summed E-state index contributed by atoms with van der Waals surface area (Å²) in [4.78, 5) is 21.1. The van der Waals surface area contributed by atoms with Crippen molar-refractivity contribution in [2.75, 3.05) is 45.3 Å². The minimum absolute atomic E-state index is 0.0639. The van der Waals surface area contributed by atoms with Gasteiger partial charge in [-0.1, -0.05) is 49.4 Å². The van der Waals surface area contributed by atoms with Crippen LogP contribution in [0.3, 0.4) is 0 Å². The van der Waals surface area contributed by atoms with E-state index in [1.54, 1.807) is 26.4 Å². The highest BCUT2D eigenvalue weighted by Gasteiger charge is 2.30. The van der Waals surface area contributed by atoms with Gasteiger partial charge in [0, 0.05) is 61.2 Å². The van der Waals surface area contributed by atoms with Crippen LogP contribution in [0.2, 0.25) is 0 Å². The van der Waals surface area contributed by atoms with Crippen molar-refractivity contribution in [2.45, 2.75) is 25.7 Å². The SMILES string of the molecule is CCc1cccc2c(C(CC(=O)N3CCN(c4ccccc4F)CC3)c3cccc(OC)c3OC)c[nH]c12. The van der Waals surface area contributed by atoms with E-state index in [-0.39, 0.29) is 24.1 Å². The Labute approximate surface area is 223 Å². The second kappa shape index (κ2) is 11.2. The second-order valence-corrected chi connectivity index (χ2v) is 9.60. The fourth-order valence-electron chi connectivity index (χ4n) is 5.60. The summed E-state index contributed by atoms with van der Waals surface area (Å²) in [6, 6.07) is 18.9. The molecule has 5 rings (SSSR count). The van der Waals surface area contributed by atoms with Crippen molar-refractivity contribution in [3.8, 4) is 11.5 Å². The summed E-state index contributed by atoms with van der Waals surface area (Å²) in [7, 11) is 3.25. The standard InChI is InChI=1S/C31H34FN3O3/c1-4-21-9-7-10-22-25(20-33-30(21)22)24(23-11-8-14-28(37-2)31(23)38-3)19-29(36)35-17-15-34(16-18-35)27-13-6-5-12-26(27)32/h5-14,20,24,33H,4,15-19H2,1-3H3. The fourth-order valence-corrected chi connectivity index (χ4v) is 5.60. The number of ether oxygens (including phenoxy) is 2. The van der Waals surface area contributed by atoms with Gasteiger partial charge in [-0.05, 0) is 35.7 Å². The fraction of sp³-hybridized carbons (Fsp3) is 0.323. The molecule has 1 aromatic heterocycles. The quantitative estimate of drug-likeness (QED) is 0.324. The molecule has 1 aliphatic rings. The topological polar surface area (TPSA) is 57.8 Å². The number of aromatic amines is 1. The predicted octanol–water partition coefficient (Wildman–Crippen LogP) is 5.76. The van der Waals surface area contributed by atoms with Crippen LogP contribution < -0.4 is 14.4 Å². The molecule has 38 heavy (non-hydrogen) atoms. The number of nitrogens with zero attached hydrogens (tertiary/aromatic N) is 2. The number of hydrogen-bond donors (Lipinski definition) is 1. The van der Waals surface area contributed by atoms with E-state index in [1.807, 2.05) is 40.3 Å². The van der Waals surface area contributed by atoms with Gasteiger partial charge in [-0.2, -0.15) is 0 Å². The minimum atomic E-state index is -0.238. The van der Waals surface area contributed by atoms with Crippen molar-refractivity contribution in [1.29, 1.82) is 0 Å². The number of nitrogens with one attached hydrogen (secondary N) is 1. The zero-order valence-electron chi connectivity index (χ0n) is 22.2. The molecule has 0 radical (unpaired) electrons. The molecule has 1 aliphatic heterocycles. The number of amides is 1. The molecule has 0 spiro atoms. The van der Waals surface area contributed by atoms with Crippen molar-refractivity contribution in [2.24, 2.45) is 0 Å². The number of benzene rings is 3. The van der Waals surface area contributed by atoms with E-state index in [0.717, 1.165) is 28.5 Å². The number of carbonyl (C=O) groups excluding carboxylic acids is 1. The first-order chi connectivity index (χ1) is 18.5. The molecule has 0 saturated carbocycles. The molecule has 198 valence electrons. The van der Waals surface area contributed by atoms with Gasteiger partial charge in [0.05, 0.1) is 19.9 Å². The van der Waals surface area contributed by atoms with E-state index in [9.17, 15) is 9.18 Å². The Morgan fingerprint density at radius 3 is 2.42 bits per heavy atom. The molecule has 1 saturated heterocycles. The highest BCUT2D eigenvalue weighted by atomic mass is 19.1. The Balaban J connectivity index is 1.46. The molecular formula is C31H34FN3O3. The molecular weight excluding hydrogens is 481 g/mol. The van der Waals surface area contributed by atoms with Crippen LogP contribution in [0.5, 0.6) is 11.5 Å². The van der Waals surface area contributed by atoms with Gasteiger partial charge in [-0.15, -0.1) is 0 Å². The molecule has 1 unspecified atom stereocenters. The summed E-state index contributed by atoms with van der Waals surface area (Å²) in [5.41, 5.74) is 4.89. The van der Waals surface area contributed by atoms with Crippen LogP contribution >= 0.6 is 0 Å². The van der Waals surface area contributed by atoms with Gasteiger partial charge < -0.3 is 24.3 Å². The number of aryl methyl sites for hydroxylation is 1. The Bertz CT molecular complexity index is 1430. The highest BCUT2D eigenvalue weighted by molar-refractivity contribution is 5.88. The van der Waals surface area contributed by atoms with E-state index in [1.165, 1.54) is 11.6 Å². The number of aromatic nitrogens is 1. The number of para-hydroxylation sites is 3. The summed E-state index contributed by atoms with van der Waals surface area (Å²) in [6.45, 7) is 4.41. The number of piperazine rings is 1. The predicted molar refractivity (Wildman–Crippen MR) is 149 cm³/mol. The zero-order chi connectivity index (χ0) is 26.6. The number of halogens is 1. The van der Waals surface area contributed by atoms with E-state index < -0.39 is 0 Å². The summed E-state index contributed by atoms with van der Waals surface area (Å²) < 4.78 is 25.7. The number of rotatable bonds is 8. The lowest BCUT2D eigenvalue weighted by atomic mass is 9.86. The zero-order valence-corrected chi connectivity index (χ0v) is 22.2. The van der Waals surface area contributed by atoms with Crippen molar-refractivity contribution < 1.29 is 18.7 Å². The lowest BCUT2D eigenvalue weighted by Crippen LogP contribution is -2.49. The summed E-state index contributed by atoms with van der Waals surface area (Å²) in [5, 5.41) is 1.11. The number of anilines is 1. The Morgan fingerprint density at radius 2 is 1.71 bits per heavy atom. The van der Waals surface area contributed by atoms with Gasteiger partial charge in [-0.25, -0.2) is 4.39 Å². The first kappa shape index (κ1) is 25.6. The van der Waals surface area contributed by atoms with Crippen LogP contribution in [0, 0.1) is 5.82 Å². The molecule has 1 amide bonds. The number of methoxy groups -OCH3 is 2. The van der Waals surface area contributed by atoms with Gasteiger partial charge in [0.2, 0.25) is 5.91 Å². The maximum Gasteiger partial charge on any atom is 0.223 e. The molecule has 2 heterocycles. The number of H-pyrrole nitrogens is 1. The third kappa shape index (κ3) is 4.80. The molecule has 1 N–H and O–H groups in total. The molecule has 3 aromatic carbocycles. The average Bonchev–Trinajstić information content (AvgIpc) is 3.40. The molecule has 0 bridgehead atoms. The number of fused-ring (bicyclic) bond motifs is 1. The third-order valence-corrected chi connectivity index (χ3v) is 7.60. The Morgan fingerprint density at radius 1 is 0.947 bits per heavy atom. The van der Waals surface area contributed by atoms with Crippen LogP contribution in [-0.2, 0) is 11.2 Å². The van der Waals surface area contributed by atoms with Crippen molar-refractivity contribution in [1.82, 2.24) is 9.88 Å². The van der Waals surface area contributed by atoms with Crippen molar-refractivity contribution in [3.63, 3.8) is 0 Å². The van der Waals surface area contributed by atoms with Crippen LogP contribution in [0.15, 0.2) is 66.9 Å². The van der Waals surface area contributed by atoms with Gasteiger partial charge in [0.25, 0.3) is 0 Å². The van der Waals surface area contributed by atoms with E-state index in [4.69, 9.17) is 9.47 Å². The van der Waals surface area contributed by atoms with Crippen LogP contribution in [0.1, 0.15) is 36.0 Å². The smallest absolute Gasteiger partial charge is 0.223 e. The maximum absolute atomic E-state index is 14.3. The normalized spacial score (nSPS) is 14.5. The largest absolute Gasteiger partial charge is 0.493 e. The Kier molecular flexibility index (Phi) is 7.54. The van der Waals surface area contributed by atoms with E-state index >= 15 is 0 Å². The first-order valence-corrected chi connectivity index (χ1v) is 13.1. The van der Waals surface area contributed by atoms with Crippen molar-refractivity contribution in [3.05, 3.63) is 89.4 Å². The molecule has 1 fully saturated rings. The van der Waals surface area contributed by atoms with Gasteiger partial charge in [0.15, 0.2) is 11.5 Å². The number of carbonyl (C=O) groups is 1. The monoisotopic (exact) mass is 515 g/mol. The van der Waals surface area contributed by atoms with Crippen LogP contribution in [0.4, 0.5) is 10.1 Å². The lowest BCUT2D eigenvalue weighted by Gasteiger charge is -2.37. The Hall–Kier alpha value is -4.00. The van der Waals surface area contributed by atoms with E-state index in [0.29, 0.717) is 43.4 Å². The first-order valence-electron chi connectivity index (χ1n) is 13.1. The molecule has 1 atom stereocenters. The summed E-state index contributed by atoms with van der Waals surface area (Å²) >= 11 is 0. The van der Waals surface area contributed by atoms with Crippen LogP contribution in [0.25, 0.3) is 10.9 Å². The molecule has 6 nitrogen and oxygen atoms in total. The summed E-state index contributed by atoms with van der Waals surface area (Å²) in [5.74, 6) is 0.864. The molecule has 7 heteroatoms. The third-order valence-electron chi connectivity index (χ3n) is 7.60. The van der Waals surface area contributed by atoms with Gasteiger partial charge >= 0.3 is 0 Å². The van der Waals surface area contributed by atoms with E-state index in [2.05, 4.69) is 30.1 Å². The van der Waals surface area contributed by atoms with Gasteiger partial charge in [0.1, 0.15) is 5.82 Å². The maximum atomic E-state index is 14.3. The number of hydrogen-bond acceptors (Lipinski definition) is 4. The lowest BCUT2D eigenvalue weighted by molar-refractivity contribution is -0.131. The molecule has 0 aliphatic carbocycles. The summed E-state index contributed by atoms with van der Waals surface area (Å²) in [6.07, 6.45) is 3.22. The minimum Gasteiger partial charge on any atom is -0.493 e. The average molecular weight is 516 g/mol. The molecule has 4 aromatic rings. The second-order valence-electron chi connectivity index (χ2n) is 9.60. The van der Waals surface area contributed by atoms with Crippen LogP contribution in [-0.4, -0.2) is 56.2 Å².